The number of nitrogens with zero attached hydrogens (tertiary/aromatic N) is 1. The van der Waals surface area contributed by atoms with Crippen molar-refractivity contribution in [1.82, 2.24) is 4.90 Å². The fraction of sp³-hybridized carbons (Fsp3) is 0.909. The van der Waals surface area contributed by atoms with Crippen molar-refractivity contribution in [1.29, 1.82) is 0 Å². The molecule has 1 atom stereocenters. The van der Waals surface area contributed by atoms with Crippen molar-refractivity contribution in [2.24, 2.45) is 11.7 Å². The maximum atomic E-state index is 12.4. The van der Waals surface area contributed by atoms with E-state index in [9.17, 15) is 18.0 Å². The van der Waals surface area contributed by atoms with E-state index >= 15 is 0 Å². The average Bonchev–Trinajstić information content (AvgIpc) is 2.28. The molecule has 0 aromatic carbocycles. The van der Waals surface area contributed by atoms with Crippen LogP contribution < -0.4 is 5.73 Å². The van der Waals surface area contributed by atoms with Crippen LogP contribution in [0.1, 0.15) is 19.8 Å². The molecule has 0 aromatic rings. The molecule has 0 aromatic heterocycles. The van der Waals surface area contributed by atoms with Crippen molar-refractivity contribution in [2.45, 2.75) is 32.0 Å². The molecule has 1 saturated heterocycles. The third-order valence-electron chi connectivity index (χ3n) is 3.09. The summed E-state index contributed by atoms with van der Waals surface area (Å²) in [6.45, 7) is 2.82. The third-order valence-corrected chi connectivity index (χ3v) is 3.09. The molecule has 0 radical (unpaired) electrons. The van der Waals surface area contributed by atoms with Gasteiger partial charge in [0.15, 0.2) is 0 Å². The number of halogens is 3. The molecule has 1 fully saturated rings. The topological polar surface area (TPSA) is 55.6 Å². The Labute approximate surface area is 104 Å². The van der Waals surface area contributed by atoms with Gasteiger partial charge in [-0.2, -0.15) is 13.2 Å². The van der Waals surface area contributed by atoms with Gasteiger partial charge in [-0.3, -0.25) is 4.79 Å². The van der Waals surface area contributed by atoms with Gasteiger partial charge in [0.2, 0.25) is 0 Å². The zero-order valence-electron chi connectivity index (χ0n) is 10.4. The number of nitrogens with two attached hydrogens (primary N) is 1. The van der Waals surface area contributed by atoms with Crippen LogP contribution in [-0.2, 0) is 9.53 Å². The maximum absolute atomic E-state index is 12.4. The third kappa shape index (κ3) is 4.45. The molecule has 0 bridgehead atoms. The molecule has 1 aliphatic heterocycles. The van der Waals surface area contributed by atoms with E-state index in [-0.39, 0.29) is 26.0 Å². The second kappa shape index (κ2) is 6.38. The van der Waals surface area contributed by atoms with E-state index in [1.807, 2.05) is 0 Å². The summed E-state index contributed by atoms with van der Waals surface area (Å²) in [6.07, 6.45) is -3.98. The summed E-state index contributed by atoms with van der Waals surface area (Å²) in [5.41, 5.74) is 5.62. The fourth-order valence-corrected chi connectivity index (χ4v) is 2.04. The number of alkyl halides is 3. The Morgan fingerprint density at radius 2 is 2.00 bits per heavy atom. The summed E-state index contributed by atoms with van der Waals surface area (Å²) in [6, 6.07) is -0.785. The molecule has 1 heterocycles. The van der Waals surface area contributed by atoms with Crippen molar-refractivity contribution in [2.75, 3.05) is 26.2 Å². The maximum Gasteiger partial charge on any atom is 0.391 e. The van der Waals surface area contributed by atoms with Crippen molar-refractivity contribution in [3.63, 3.8) is 0 Å². The normalized spacial score (nSPS) is 20.7. The van der Waals surface area contributed by atoms with Crippen LogP contribution in [0.15, 0.2) is 0 Å². The lowest BCUT2D eigenvalue weighted by Gasteiger charge is -2.33. The van der Waals surface area contributed by atoms with Crippen LogP contribution in [0.2, 0.25) is 0 Å². The molecule has 4 nitrogen and oxygen atoms in total. The van der Waals surface area contributed by atoms with Gasteiger partial charge in [0.1, 0.15) is 6.04 Å². The first-order chi connectivity index (χ1) is 8.34. The number of hydrogen-bond acceptors (Lipinski definition) is 4. The summed E-state index contributed by atoms with van der Waals surface area (Å²) in [7, 11) is 0. The van der Waals surface area contributed by atoms with Crippen molar-refractivity contribution in [3.05, 3.63) is 0 Å². The van der Waals surface area contributed by atoms with E-state index in [2.05, 4.69) is 0 Å². The highest BCUT2D eigenvalue weighted by atomic mass is 19.4. The lowest BCUT2D eigenvalue weighted by Crippen LogP contribution is -2.47. The number of likely N-dealkylation sites (tertiary alicyclic amines) is 1. The van der Waals surface area contributed by atoms with Crippen LogP contribution in [-0.4, -0.2) is 49.3 Å². The lowest BCUT2D eigenvalue weighted by atomic mass is 9.96. The van der Waals surface area contributed by atoms with E-state index in [0.717, 1.165) is 0 Å². The number of rotatable bonds is 4. The first-order valence-electron chi connectivity index (χ1n) is 6.06. The van der Waals surface area contributed by atoms with Crippen LogP contribution in [0.3, 0.4) is 0 Å². The molecule has 7 heteroatoms. The number of ether oxygens (including phenoxy) is 1. The van der Waals surface area contributed by atoms with Crippen LogP contribution >= 0.6 is 0 Å². The molecule has 0 amide bonds. The Bertz CT molecular complexity index is 276. The largest absolute Gasteiger partial charge is 0.465 e. The van der Waals surface area contributed by atoms with E-state index in [0.29, 0.717) is 13.1 Å². The number of carbonyl (C=O) groups excluding carboxylic acids is 1. The minimum Gasteiger partial charge on any atom is -0.465 e. The number of hydrogen-bond donors (Lipinski definition) is 1. The van der Waals surface area contributed by atoms with Gasteiger partial charge in [0.25, 0.3) is 0 Å². The zero-order chi connectivity index (χ0) is 13.8. The Morgan fingerprint density at radius 1 is 1.44 bits per heavy atom. The Morgan fingerprint density at radius 3 is 2.44 bits per heavy atom. The molecule has 18 heavy (non-hydrogen) atoms. The van der Waals surface area contributed by atoms with Crippen LogP contribution in [0.4, 0.5) is 13.2 Å². The van der Waals surface area contributed by atoms with Crippen LogP contribution in [0, 0.1) is 5.92 Å². The first kappa shape index (κ1) is 15.2. The molecule has 2 N–H and O–H groups in total. The van der Waals surface area contributed by atoms with E-state index in [4.69, 9.17) is 10.5 Å². The summed E-state index contributed by atoms with van der Waals surface area (Å²) < 4.78 is 42.1. The summed E-state index contributed by atoms with van der Waals surface area (Å²) in [4.78, 5) is 13.1. The molecule has 106 valence electrons. The molecule has 0 aliphatic carbocycles. The summed E-state index contributed by atoms with van der Waals surface area (Å²) in [5, 5.41) is 0. The smallest absolute Gasteiger partial charge is 0.391 e. The molecule has 0 saturated carbocycles. The molecule has 1 rings (SSSR count). The first-order valence-corrected chi connectivity index (χ1v) is 6.06. The zero-order valence-corrected chi connectivity index (χ0v) is 10.4. The molecule has 0 spiro atoms. The minimum absolute atomic E-state index is 0.0685. The Kier molecular flexibility index (Phi) is 5.40. The van der Waals surface area contributed by atoms with Crippen molar-refractivity contribution >= 4 is 5.97 Å². The second-order valence-electron chi connectivity index (χ2n) is 4.48. The predicted octanol–water partition coefficient (Wildman–Crippen LogP) is 1.15. The van der Waals surface area contributed by atoms with Gasteiger partial charge in [-0.25, -0.2) is 0 Å². The average molecular weight is 268 g/mol. The van der Waals surface area contributed by atoms with Gasteiger partial charge in [-0.15, -0.1) is 0 Å². The SMILES string of the molecule is CCOC(=O)C(N)CN1CCC(C(F)(F)F)CC1. The second-order valence-corrected chi connectivity index (χ2v) is 4.48. The highest BCUT2D eigenvalue weighted by Gasteiger charge is 2.41. The summed E-state index contributed by atoms with van der Waals surface area (Å²) in [5.74, 6) is -1.73. The van der Waals surface area contributed by atoms with Crippen molar-refractivity contribution < 1.29 is 22.7 Å². The van der Waals surface area contributed by atoms with Gasteiger partial charge >= 0.3 is 12.1 Å². The number of piperidine rings is 1. The number of esters is 1. The fourth-order valence-electron chi connectivity index (χ4n) is 2.04. The minimum atomic E-state index is -4.12. The summed E-state index contributed by atoms with van der Waals surface area (Å²) >= 11 is 0. The van der Waals surface area contributed by atoms with Gasteiger partial charge in [-0.05, 0) is 32.9 Å². The predicted molar refractivity (Wildman–Crippen MR) is 59.8 cm³/mol. The van der Waals surface area contributed by atoms with Gasteiger partial charge in [0, 0.05) is 6.54 Å². The van der Waals surface area contributed by atoms with Gasteiger partial charge < -0.3 is 15.4 Å². The molecular formula is C11H19F3N2O2. The molecule has 1 unspecified atom stereocenters. The van der Waals surface area contributed by atoms with Gasteiger partial charge in [0.05, 0.1) is 12.5 Å². The van der Waals surface area contributed by atoms with Crippen LogP contribution in [0.25, 0.3) is 0 Å². The Balaban J connectivity index is 2.33. The monoisotopic (exact) mass is 268 g/mol. The standard InChI is InChI=1S/C11H19F3N2O2/c1-2-18-10(17)9(15)7-16-5-3-8(4-6-16)11(12,13)14/h8-9H,2-7,15H2,1H3. The highest BCUT2D eigenvalue weighted by molar-refractivity contribution is 5.75. The Hall–Kier alpha value is -0.820. The van der Waals surface area contributed by atoms with E-state index < -0.39 is 24.1 Å². The van der Waals surface area contributed by atoms with E-state index in [1.54, 1.807) is 11.8 Å². The van der Waals surface area contributed by atoms with Crippen LogP contribution in [0.5, 0.6) is 0 Å². The number of carbonyl (C=O) groups is 1. The lowest BCUT2D eigenvalue weighted by molar-refractivity contribution is -0.185. The van der Waals surface area contributed by atoms with E-state index in [1.165, 1.54) is 0 Å². The molecular weight excluding hydrogens is 249 g/mol. The van der Waals surface area contributed by atoms with Crippen molar-refractivity contribution in [3.8, 4) is 0 Å². The quantitative estimate of drug-likeness (QED) is 0.777. The highest BCUT2D eigenvalue weighted by Crippen LogP contribution is 2.33. The van der Waals surface area contributed by atoms with Gasteiger partial charge in [-0.1, -0.05) is 0 Å². The molecule has 1 aliphatic rings.